The molecule has 2 unspecified atom stereocenters. The molecule has 4 nitrogen and oxygen atoms in total. The minimum atomic E-state index is -0.414. The van der Waals surface area contributed by atoms with Crippen molar-refractivity contribution in [2.24, 2.45) is 0 Å². The van der Waals surface area contributed by atoms with Crippen molar-refractivity contribution in [3.63, 3.8) is 0 Å². The van der Waals surface area contributed by atoms with Gasteiger partial charge < -0.3 is 15.7 Å². The third kappa shape index (κ3) is 4.69. The number of thioether (sulfide) groups is 1. The highest BCUT2D eigenvalue weighted by molar-refractivity contribution is 7.99. The van der Waals surface area contributed by atoms with Crippen LogP contribution in [0.1, 0.15) is 13.3 Å². The monoisotopic (exact) mass is 302 g/mol. The number of nitrogens with one attached hydrogen (secondary N) is 2. The predicted molar refractivity (Wildman–Crippen MR) is 81.1 cm³/mol. The molecule has 1 aromatic rings. The van der Waals surface area contributed by atoms with Crippen molar-refractivity contribution in [3.05, 3.63) is 24.3 Å². The summed E-state index contributed by atoms with van der Waals surface area (Å²) in [4.78, 5) is 13.1. The van der Waals surface area contributed by atoms with Gasteiger partial charge in [-0.2, -0.15) is 0 Å². The average molecular weight is 303 g/mol. The number of benzene rings is 1. The number of β-amino-alcohol motifs (C(OH)–C–C–N with tert-alkyl or cyclic N) is 1. The molecule has 1 aliphatic heterocycles. The molecule has 0 aromatic heterocycles. The van der Waals surface area contributed by atoms with E-state index < -0.39 is 6.10 Å². The van der Waals surface area contributed by atoms with Crippen molar-refractivity contribution in [2.45, 2.75) is 30.4 Å². The molecule has 19 heavy (non-hydrogen) atoms. The molecular weight excluding hydrogens is 284 g/mol. The topological polar surface area (TPSA) is 61.4 Å². The van der Waals surface area contributed by atoms with Crippen molar-refractivity contribution in [2.75, 3.05) is 17.6 Å². The Balaban J connectivity index is 0.00000180. The third-order valence-electron chi connectivity index (χ3n) is 2.84. The molecule has 1 fully saturated rings. The number of hydrogen-bond acceptors (Lipinski definition) is 4. The van der Waals surface area contributed by atoms with E-state index in [1.807, 2.05) is 24.3 Å². The summed E-state index contributed by atoms with van der Waals surface area (Å²) < 4.78 is 0. The van der Waals surface area contributed by atoms with Crippen LogP contribution in [0.15, 0.2) is 29.2 Å². The molecule has 1 aromatic carbocycles. The number of amides is 1. The number of aliphatic hydroxyl groups is 1. The van der Waals surface area contributed by atoms with Crippen molar-refractivity contribution in [1.82, 2.24) is 5.32 Å². The van der Waals surface area contributed by atoms with Gasteiger partial charge in [-0.3, -0.25) is 4.79 Å². The second kappa shape index (κ2) is 7.75. The van der Waals surface area contributed by atoms with Crippen LogP contribution in [0.25, 0.3) is 0 Å². The molecular formula is C13H19ClN2O2S. The molecule has 1 amide bonds. The molecule has 106 valence electrons. The summed E-state index contributed by atoms with van der Waals surface area (Å²) in [5.41, 5.74) is 0.807. The summed E-state index contributed by atoms with van der Waals surface area (Å²) in [6.45, 7) is 2.59. The molecule has 6 heteroatoms. The van der Waals surface area contributed by atoms with Crippen molar-refractivity contribution in [3.8, 4) is 0 Å². The molecule has 0 saturated carbocycles. The van der Waals surface area contributed by atoms with Crippen LogP contribution < -0.4 is 10.6 Å². The van der Waals surface area contributed by atoms with Crippen molar-refractivity contribution < 1.29 is 9.90 Å². The fourth-order valence-corrected chi connectivity index (χ4v) is 2.69. The van der Waals surface area contributed by atoms with E-state index in [0.29, 0.717) is 13.0 Å². The van der Waals surface area contributed by atoms with Gasteiger partial charge in [-0.1, -0.05) is 13.0 Å². The molecule has 0 radical (unpaired) electrons. The number of aliphatic hydroxyl groups excluding tert-OH is 1. The first-order chi connectivity index (χ1) is 8.69. The van der Waals surface area contributed by atoms with E-state index in [1.165, 1.54) is 0 Å². The van der Waals surface area contributed by atoms with Gasteiger partial charge in [0.2, 0.25) is 5.91 Å². The average Bonchev–Trinajstić information content (AvgIpc) is 2.77. The van der Waals surface area contributed by atoms with Crippen LogP contribution in [-0.2, 0) is 4.79 Å². The molecule has 3 N–H and O–H groups in total. The largest absolute Gasteiger partial charge is 0.392 e. The van der Waals surface area contributed by atoms with Crippen LogP contribution in [0.2, 0.25) is 0 Å². The summed E-state index contributed by atoms with van der Waals surface area (Å²) in [5, 5.41) is 15.3. The second-order valence-electron chi connectivity index (χ2n) is 4.30. The van der Waals surface area contributed by atoms with E-state index in [1.54, 1.807) is 11.8 Å². The Morgan fingerprint density at radius 2 is 2.37 bits per heavy atom. The number of carbonyl (C=O) groups excluding carboxylic acids is 1. The van der Waals surface area contributed by atoms with Crippen LogP contribution in [-0.4, -0.2) is 35.5 Å². The molecule has 1 heterocycles. The Labute approximate surface area is 123 Å². The standard InChI is InChI=1S/C13H18N2O2S.ClH/c1-2-18-11-5-3-4-9(6-11)15-13(17)12-7-10(16)8-14-12;/h3-6,10,12,14,16H,2,7-8H2,1H3,(H,15,17);1H. The smallest absolute Gasteiger partial charge is 0.241 e. The highest BCUT2D eigenvalue weighted by Gasteiger charge is 2.27. The molecule has 1 saturated heterocycles. The van der Waals surface area contributed by atoms with E-state index in [4.69, 9.17) is 0 Å². The first kappa shape index (κ1) is 16.3. The van der Waals surface area contributed by atoms with Crippen molar-refractivity contribution >= 4 is 35.8 Å². The molecule has 1 aliphatic rings. The van der Waals surface area contributed by atoms with E-state index in [0.717, 1.165) is 16.3 Å². The van der Waals surface area contributed by atoms with Gasteiger partial charge in [0, 0.05) is 17.1 Å². The molecule has 2 atom stereocenters. The number of hydrogen-bond donors (Lipinski definition) is 3. The summed E-state index contributed by atoms with van der Waals surface area (Å²) in [7, 11) is 0. The SMILES string of the molecule is CCSc1cccc(NC(=O)C2CC(O)CN2)c1.Cl. The highest BCUT2D eigenvalue weighted by Crippen LogP contribution is 2.21. The lowest BCUT2D eigenvalue weighted by Gasteiger charge is -2.11. The van der Waals surface area contributed by atoms with Gasteiger partial charge in [0.1, 0.15) is 0 Å². The Morgan fingerprint density at radius 3 is 3.00 bits per heavy atom. The van der Waals surface area contributed by atoms with Crippen LogP contribution in [0.5, 0.6) is 0 Å². The normalized spacial score (nSPS) is 21.8. The Kier molecular flexibility index (Phi) is 6.65. The zero-order chi connectivity index (χ0) is 13.0. The molecule has 0 bridgehead atoms. The predicted octanol–water partition coefficient (Wildman–Crippen LogP) is 1.88. The number of halogens is 1. The number of carbonyl (C=O) groups is 1. The first-order valence-corrected chi connectivity index (χ1v) is 7.12. The fraction of sp³-hybridized carbons (Fsp3) is 0.462. The van der Waals surface area contributed by atoms with Crippen LogP contribution in [0, 0.1) is 0 Å². The van der Waals surface area contributed by atoms with Crippen molar-refractivity contribution in [1.29, 1.82) is 0 Å². The summed E-state index contributed by atoms with van der Waals surface area (Å²) >= 11 is 1.74. The lowest BCUT2D eigenvalue weighted by molar-refractivity contribution is -0.117. The van der Waals surface area contributed by atoms with Gasteiger partial charge in [-0.05, 0) is 30.4 Å². The van der Waals surface area contributed by atoms with Crippen LogP contribution in [0.3, 0.4) is 0 Å². The van der Waals surface area contributed by atoms with E-state index in [2.05, 4.69) is 17.6 Å². The van der Waals surface area contributed by atoms with Gasteiger partial charge in [0.15, 0.2) is 0 Å². The minimum absolute atomic E-state index is 0. The lowest BCUT2D eigenvalue weighted by Crippen LogP contribution is -2.35. The molecule has 0 aliphatic carbocycles. The number of rotatable bonds is 4. The quantitative estimate of drug-likeness (QED) is 0.743. The summed E-state index contributed by atoms with van der Waals surface area (Å²) in [5.74, 6) is 0.929. The fourth-order valence-electron chi connectivity index (χ4n) is 1.98. The van der Waals surface area contributed by atoms with Crippen LogP contribution in [0.4, 0.5) is 5.69 Å². The molecule has 2 rings (SSSR count). The second-order valence-corrected chi connectivity index (χ2v) is 5.64. The maximum absolute atomic E-state index is 11.9. The van der Waals surface area contributed by atoms with Gasteiger partial charge in [-0.25, -0.2) is 0 Å². The van der Waals surface area contributed by atoms with E-state index >= 15 is 0 Å². The first-order valence-electron chi connectivity index (χ1n) is 6.14. The Hall–Kier alpha value is -0.750. The third-order valence-corrected chi connectivity index (χ3v) is 3.71. The lowest BCUT2D eigenvalue weighted by atomic mass is 10.2. The zero-order valence-electron chi connectivity index (χ0n) is 10.8. The van der Waals surface area contributed by atoms with E-state index in [-0.39, 0.29) is 24.4 Å². The zero-order valence-corrected chi connectivity index (χ0v) is 12.4. The van der Waals surface area contributed by atoms with Gasteiger partial charge >= 0.3 is 0 Å². The Bertz CT molecular complexity index is 431. The molecule has 0 spiro atoms. The minimum Gasteiger partial charge on any atom is -0.392 e. The number of anilines is 1. The van der Waals surface area contributed by atoms with Gasteiger partial charge in [0.25, 0.3) is 0 Å². The summed E-state index contributed by atoms with van der Waals surface area (Å²) in [6, 6.07) is 7.52. The van der Waals surface area contributed by atoms with E-state index in [9.17, 15) is 9.90 Å². The van der Waals surface area contributed by atoms with Gasteiger partial charge in [-0.15, -0.1) is 24.2 Å². The van der Waals surface area contributed by atoms with Gasteiger partial charge in [0.05, 0.1) is 12.1 Å². The summed E-state index contributed by atoms with van der Waals surface area (Å²) in [6.07, 6.45) is 0.0672. The van der Waals surface area contributed by atoms with Crippen LogP contribution >= 0.6 is 24.2 Å². The Morgan fingerprint density at radius 1 is 1.58 bits per heavy atom. The highest BCUT2D eigenvalue weighted by atomic mass is 35.5. The maximum atomic E-state index is 11.9. The maximum Gasteiger partial charge on any atom is 0.241 e.